The minimum absolute atomic E-state index is 0.0100. The minimum Gasteiger partial charge on any atom is -0.268 e. The number of rotatable bonds is 2. The molecule has 1 aliphatic rings. The highest BCUT2D eigenvalue weighted by Crippen LogP contribution is 2.36. The summed E-state index contributed by atoms with van der Waals surface area (Å²) in [7, 11) is 0. The summed E-state index contributed by atoms with van der Waals surface area (Å²) in [6.07, 6.45) is 0. The number of nitro benzene ring substituents is 1. The fourth-order valence-corrected chi connectivity index (χ4v) is 2.75. The fraction of sp³-hybridized carbons (Fsp3) is 0.0667. The normalized spacial score (nSPS) is 13.5. The highest BCUT2D eigenvalue weighted by Gasteiger charge is 2.42. The average molecular weight is 317 g/mol. The van der Waals surface area contributed by atoms with E-state index in [9.17, 15) is 19.7 Å². The van der Waals surface area contributed by atoms with Crippen molar-refractivity contribution in [1.29, 1.82) is 0 Å². The van der Waals surface area contributed by atoms with Crippen LogP contribution in [0, 0.1) is 17.0 Å². The summed E-state index contributed by atoms with van der Waals surface area (Å²) in [6, 6.07) is 8.84. The standard InChI is InChI=1S/C15H9ClN2O4/c1-8-5-6-11(10(16)7-8)17-14(19)9-3-2-4-12(18(21)22)13(9)15(17)20/h2-7H,1H3. The van der Waals surface area contributed by atoms with Crippen molar-refractivity contribution in [3.05, 3.63) is 68.2 Å². The smallest absolute Gasteiger partial charge is 0.268 e. The van der Waals surface area contributed by atoms with Gasteiger partial charge in [0.25, 0.3) is 17.5 Å². The van der Waals surface area contributed by atoms with Crippen LogP contribution in [0.25, 0.3) is 0 Å². The van der Waals surface area contributed by atoms with Crippen LogP contribution in [0.3, 0.4) is 0 Å². The van der Waals surface area contributed by atoms with E-state index in [0.717, 1.165) is 10.5 Å². The molecule has 0 spiro atoms. The van der Waals surface area contributed by atoms with Crippen molar-refractivity contribution in [2.45, 2.75) is 6.92 Å². The Morgan fingerprint density at radius 3 is 2.50 bits per heavy atom. The number of amides is 2. The maximum absolute atomic E-state index is 12.5. The van der Waals surface area contributed by atoms with Crippen LogP contribution in [-0.4, -0.2) is 16.7 Å². The molecule has 2 aromatic carbocycles. The average Bonchev–Trinajstić information content (AvgIpc) is 2.72. The molecule has 0 N–H and O–H groups in total. The Balaban J connectivity index is 2.19. The highest BCUT2D eigenvalue weighted by atomic mass is 35.5. The zero-order valence-electron chi connectivity index (χ0n) is 11.4. The lowest BCUT2D eigenvalue weighted by Crippen LogP contribution is -2.29. The molecule has 1 heterocycles. The predicted octanol–water partition coefficient (Wildman–Crippen LogP) is 3.36. The predicted molar refractivity (Wildman–Crippen MR) is 80.4 cm³/mol. The molecule has 0 radical (unpaired) electrons. The third kappa shape index (κ3) is 1.96. The van der Waals surface area contributed by atoms with Gasteiger partial charge in [-0.15, -0.1) is 0 Å². The van der Waals surface area contributed by atoms with E-state index in [1.807, 2.05) is 6.92 Å². The van der Waals surface area contributed by atoms with Gasteiger partial charge in [-0.25, -0.2) is 4.90 Å². The van der Waals surface area contributed by atoms with Crippen LogP contribution in [-0.2, 0) is 0 Å². The van der Waals surface area contributed by atoms with E-state index >= 15 is 0 Å². The number of nitrogens with zero attached hydrogens (tertiary/aromatic N) is 2. The second-order valence-electron chi connectivity index (χ2n) is 4.86. The van der Waals surface area contributed by atoms with E-state index in [0.29, 0.717) is 0 Å². The lowest BCUT2D eigenvalue weighted by Gasteiger charge is -2.15. The Morgan fingerprint density at radius 2 is 1.86 bits per heavy atom. The van der Waals surface area contributed by atoms with Crippen LogP contribution in [0.5, 0.6) is 0 Å². The number of carbonyl (C=O) groups excluding carboxylic acids is 2. The zero-order valence-corrected chi connectivity index (χ0v) is 12.1. The number of imide groups is 1. The number of halogens is 1. The zero-order chi connectivity index (χ0) is 16.0. The second-order valence-corrected chi connectivity index (χ2v) is 5.26. The van der Waals surface area contributed by atoms with Crippen LogP contribution in [0.15, 0.2) is 36.4 Å². The molecule has 1 aliphatic heterocycles. The van der Waals surface area contributed by atoms with Gasteiger partial charge in [0.05, 0.1) is 21.2 Å². The molecular weight excluding hydrogens is 308 g/mol. The van der Waals surface area contributed by atoms with Crippen molar-refractivity contribution in [1.82, 2.24) is 0 Å². The van der Waals surface area contributed by atoms with E-state index in [1.54, 1.807) is 18.2 Å². The number of fused-ring (bicyclic) bond motifs is 1. The molecule has 0 unspecified atom stereocenters. The van der Waals surface area contributed by atoms with Gasteiger partial charge >= 0.3 is 0 Å². The summed E-state index contributed by atoms with van der Waals surface area (Å²) in [5, 5.41) is 11.3. The lowest BCUT2D eigenvalue weighted by atomic mass is 10.1. The third-order valence-corrected chi connectivity index (χ3v) is 3.74. The topological polar surface area (TPSA) is 80.5 Å². The SMILES string of the molecule is Cc1ccc(N2C(=O)c3cccc([N+](=O)[O-])c3C2=O)c(Cl)c1. The summed E-state index contributed by atoms with van der Waals surface area (Å²) in [4.78, 5) is 36.2. The van der Waals surface area contributed by atoms with Crippen LogP contribution in [0.2, 0.25) is 5.02 Å². The number of nitro groups is 1. The van der Waals surface area contributed by atoms with Crippen LogP contribution < -0.4 is 4.90 Å². The molecular formula is C15H9ClN2O4. The van der Waals surface area contributed by atoms with E-state index < -0.39 is 16.7 Å². The van der Waals surface area contributed by atoms with Crippen molar-refractivity contribution < 1.29 is 14.5 Å². The van der Waals surface area contributed by atoms with Crippen molar-refractivity contribution in [2.75, 3.05) is 4.90 Å². The number of anilines is 1. The molecule has 0 aliphatic carbocycles. The second kappa shape index (κ2) is 4.92. The summed E-state index contributed by atoms with van der Waals surface area (Å²) >= 11 is 6.11. The summed E-state index contributed by atoms with van der Waals surface area (Å²) in [5.74, 6) is -1.35. The fourth-order valence-electron chi connectivity index (χ4n) is 2.43. The number of hydrogen-bond donors (Lipinski definition) is 0. The van der Waals surface area contributed by atoms with E-state index in [1.165, 1.54) is 18.2 Å². The van der Waals surface area contributed by atoms with Gasteiger partial charge in [-0.05, 0) is 30.7 Å². The first kappa shape index (κ1) is 14.2. The number of hydrogen-bond acceptors (Lipinski definition) is 4. The third-order valence-electron chi connectivity index (χ3n) is 3.43. The first-order chi connectivity index (χ1) is 10.4. The lowest BCUT2D eigenvalue weighted by molar-refractivity contribution is -0.385. The van der Waals surface area contributed by atoms with Gasteiger partial charge in [0.1, 0.15) is 5.56 Å². The summed E-state index contributed by atoms with van der Waals surface area (Å²) < 4.78 is 0. The molecule has 0 bridgehead atoms. The molecule has 0 fully saturated rings. The Hall–Kier alpha value is -2.73. The van der Waals surface area contributed by atoms with E-state index in [2.05, 4.69) is 0 Å². The van der Waals surface area contributed by atoms with E-state index in [4.69, 9.17) is 11.6 Å². The molecule has 110 valence electrons. The monoisotopic (exact) mass is 316 g/mol. The Kier molecular flexibility index (Phi) is 3.18. The molecule has 7 heteroatoms. The quantitative estimate of drug-likeness (QED) is 0.483. The molecule has 6 nitrogen and oxygen atoms in total. The largest absolute Gasteiger partial charge is 0.283 e. The van der Waals surface area contributed by atoms with Gasteiger partial charge in [-0.2, -0.15) is 0 Å². The Bertz CT molecular complexity index is 847. The molecule has 0 aromatic heterocycles. The summed E-state index contributed by atoms with van der Waals surface area (Å²) in [6.45, 7) is 1.82. The molecule has 0 atom stereocenters. The first-order valence-electron chi connectivity index (χ1n) is 6.34. The van der Waals surface area contributed by atoms with Crippen molar-refractivity contribution in [3.63, 3.8) is 0 Å². The van der Waals surface area contributed by atoms with Gasteiger partial charge < -0.3 is 0 Å². The van der Waals surface area contributed by atoms with Gasteiger partial charge in [-0.1, -0.05) is 23.7 Å². The van der Waals surface area contributed by atoms with Crippen LogP contribution in [0.1, 0.15) is 26.3 Å². The molecule has 0 saturated heterocycles. The van der Waals surface area contributed by atoms with Crippen molar-refractivity contribution in [2.24, 2.45) is 0 Å². The highest BCUT2D eigenvalue weighted by molar-refractivity contribution is 6.40. The molecule has 2 amide bonds. The minimum atomic E-state index is -0.738. The first-order valence-corrected chi connectivity index (χ1v) is 6.72. The molecule has 22 heavy (non-hydrogen) atoms. The van der Waals surface area contributed by atoms with Gasteiger partial charge in [-0.3, -0.25) is 19.7 Å². The van der Waals surface area contributed by atoms with Crippen LogP contribution >= 0.6 is 11.6 Å². The van der Waals surface area contributed by atoms with Crippen LogP contribution in [0.4, 0.5) is 11.4 Å². The van der Waals surface area contributed by atoms with Crippen molar-refractivity contribution in [3.8, 4) is 0 Å². The van der Waals surface area contributed by atoms with Gasteiger partial charge in [0.2, 0.25) is 0 Å². The number of benzene rings is 2. The number of aryl methyl sites for hydroxylation is 1. The van der Waals surface area contributed by atoms with Gasteiger partial charge in [0, 0.05) is 6.07 Å². The van der Waals surface area contributed by atoms with E-state index in [-0.39, 0.29) is 27.5 Å². The maximum Gasteiger partial charge on any atom is 0.283 e. The Morgan fingerprint density at radius 1 is 1.14 bits per heavy atom. The summed E-state index contributed by atoms with van der Waals surface area (Å²) in [5.41, 5.74) is 0.510. The number of carbonyl (C=O) groups is 2. The maximum atomic E-state index is 12.5. The molecule has 3 rings (SSSR count). The molecule has 0 saturated carbocycles. The van der Waals surface area contributed by atoms with Crippen molar-refractivity contribution >= 4 is 34.8 Å². The molecule has 2 aromatic rings. The van der Waals surface area contributed by atoms with Gasteiger partial charge in [0.15, 0.2) is 0 Å². The Labute approximate surface area is 130 Å².